The van der Waals surface area contributed by atoms with Crippen molar-refractivity contribution in [1.29, 1.82) is 0 Å². The summed E-state index contributed by atoms with van der Waals surface area (Å²) < 4.78 is 25.7. The fourth-order valence-corrected chi connectivity index (χ4v) is 2.53. The lowest BCUT2D eigenvalue weighted by Crippen LogP contribution is -2.59. The summed E-state index contributed by atoms with van der Waals surface area (Å²) >= 11 is 0. The van der Waals surface area contributed by atoms with Gasteiger partial charge in [-0.25, -0.2) is 4.79 Å². The first kappa shape index (κ1) is 15.9. The van der Waals surface area contributed by atoms with E-state index in [0.717, 1.165) is 0 Å². The molecule has 0 bridgehead atoms. The fraction of sp³-hybridized carbons (Fsp3) is 0.833. The molecule has 7 heteroatoms. The van der Waals surface area contributed by atoms with Crippen LogP contribution in [0.1, 0.15) is 12.8 Å². The number of hydrogen-bond donors (Lipinski definition) is 0. The molecule has 7 nitrogen and oxygen atoms in total. The van der Waals surface area contributed by atoms with Crippen LogP contribution < -0.4 is 0 Å². The van der Waals surface area contributed by atoms with Crippen LogP contribution in [0.15, 0.2) is 0 Å². The SMILES string of the molecule is COC(=O)C1(OC=O)CC(OC)C(OC)C(OC)C1. The lowest BCUT2D eigenvalue weighted by molar-refractivity contribution is -0.209. The van der Waals surface area contributed by atoms with Crippen LogP contribution in [0.4, 0.5) is 0 Å². The minimum atomic E-state index is -1.40. The Morgan fingerprint density at radius 1 is 1.05 bits per heavy atom. The van der Waals surface area contributed by atoms with Crippen molar-refractivity contribution in [2.45, 2.75) is 36.8 Å². The lowest BCUT2D eigenvalue weighted by Gasteiger charge is -2.43. The standard InChI is InChI=1S/C12H20O7/c1-15-8-5-12(19-7-13,11(14)18-4)6-9(16-2)10(8)17-3/h7-10H,5-6H2,1-4H3. The molecular formula is C12H20O7. The van der Waals surface area contributed by atoms with Crippen LogP contribution in [0.2, 0.25) is 0 Å². The Hall–Kier alpha value is -1.18. The zero-order valence-electron chi connectivity index (χ0n) is 11.6. The lowest BCUT2D eigenvalue weighted by atomic mass is 9.79. The third-order valence-corrected chi connectivity index (χ3v) is 3.50. The predicted octanol–water partition coefficient (Wildman–Crippen LogP) is -0.0900. The van der Waals surface area contributed by atoms with Gasteiger partial charge in [0.05, 0.1) is 19.3 Å². The second-order valence-electron chi connectivity index (χ2n) is 4.36. The van der Waals surface area contributed by atoms with E-state index in [2.05, 4.69) is 0 Å². The smallest absolute Gasteiger partial charge is 0.350 e. The van der Waals surface area contributed by atoms with Gasteiger partial charge in [-0.1, -0.05) is 0 Å². The number of carbonyl (C=O) groups excluding carboxylic acids is 2. The van der Waals surface area contributed by atoms with Crippen molar-refractivity contribution < 1.29 is 33.3 Å². The number of rotatable bonds is 6. The molecule has 0 N–H and O–H groups in total. The fourth-order valence-electron chi connectivity index (χ4n) is 2.53. The number of carbonyl (C=O) groups is 2. The summed E-state index contributed by atoms with van der Waals surface area (Å²) in [4.78, 5) is 22.6. The van der Waals surface area contributed by atoms with Gasteiger partial charge in [0, 0.05) is 34.2 Å². The first-order valence-electron chi connectivity index (χ1n) is 5.86. The van der Waals surface area contributed by atoms with Crippen LogP contribution in [0.25, 0.3) is 0 Å². The largest absolute Gasteiger partial charge is 0.466 e. The van der Waals surface area contributed by atoms with Crippen LogP contribution in [0.3, 0.4) is 0 Å². The summed E-state index contributed by atoms with van der Waals surface area (Å²) in [6.07, 6.45) is -0.908. The van der Waals surface area contributed by atoms with Gasteiger partial charge < -0.3 is 23.7 Å². The zero-order valence-corrected chi connectivity index (χ0v) is 11.6. The van der Waals surface area contributed by atoms with Gasteiger partial charge in [0.25, 0.3) is 6.47 Å². The monoisotopic (exact) mass is 276 g/mol. The average Bonchev–Trinajstić information content (AvgIpc) is 2.45. The number of ether oxygens (including phenoxy) is 5. The van der Waals surface area contributed by atoms with Gasteiger partial charge in [0.2, 0.25) is 5.60 Å². The summed E-state index contributed by atoms with van der Waals surface area (Å²) in [7, 11) is 5.77. The van der Waals surface area contributed by atoms with Crippen LogP contribution >= 0.6 is 0 Å². The van der Waals surface area contributed by atoms with E-state index in [1.807, 2.05) is 0 Å². The van der Waals surface area contributed by atoms with Crippen molar-refractivity contribution >= 4 is 12.4 Å². The third kappa shape index (κ3) is 3.05. The Kier molecular flexibility index (Phi) is 5.71. The molecule has 0 aromatic carbocycles. The van der Waals surface area contributed by atoms with E-state index < -0.39 is 23.8 Å². The maximum absolute atomic E-state index is 11.9. The van der Waals surface area contributed by atoms with Crippen LogP contribution in [-0.2, 0) is 33.3 Å². The highest BCUT2D eigenvalue weighted by Gasteiger charge is 2.54. The highest BCUT2D eigenvalue weighted by Crippen LogP contribution is 2.36. The molecule has 19 heavy (non-hydrogen) atoms. The molecule has 2 unspecified atom stereocenters. The summed E-state index contributed by atoms with van der Waals surface area (Å²) in [6.45, 7) is 0.240. The van der Waals surface area contributed by atoms with E-state index in [0.29, 0.717) is 0 Å². The van der Waals surface area contributed by atoms with Crippen molar-refractivity contribution in [1.82, 2.24) is 0 Å². The summed E-state index contributed by atoms with van der Waals surface area (Å²) in [5.41, 5.74) is -1.40. The Labute approximate surface area is 112 Å². The number of esters is 1. The molecule has 0 aliphatic heterocycles. The second-order valence-corrected chi connectivity index (χ2v) is 4.36. The molecule has 2 atom stereocenters. The summed E-state index contributed by atoms with van der Waals surface area (Å²) in [5.74, 6) is -0.627. The van der Waals surface area contributed by atoms with E-state index in [4.69, 9.17) is 23.7 Å². The molecule has 1 saturated carbocycles. The van der Waals surface area contributed by atoms with Crippen molar-refractivity contribution in [3.63, 3.8) is 0 Å². The molecule has 0 amide bonds. The second kappa shape index (κ2) is 6.83. The first-order valence-corrected chi connectivity index (χ1v) is 5.86. The van der Waals surface area contributed by atoms with Gasteiger partial charge in [-0.3, -0.25) is 4.79 Å². The highest BCUT2D eigenvalue weighted by atomic mass is 16.6. The number of hydrogen-bond acceptors (Lipinski definition) is 7. The normalized spacial score (nSPS) is 34.6. The van der Waals surface area contributed by atoms with Gasteiger partial charge in [-0.2, -0.15) is 0 Å². The maximum atomic E-state index is 11.9. The summed E-state index contributed by atoms with van der Waals surface area (Å²) in [5, 5.41) is 0. The highest BCUT2D eigenvalue weighted by molar-refractivity contribution is 5.81. The molecule has 1 fully saturated rings. The zero-order chi connectivity index (χ0) is 14.5. The van der Waals surface area contributed by atoms with E-state index in [9.17, 15) is 9.59 Å². The Morgan fingerprint density at radius 2 is 1.58 bits per heavy atom. The molecular weight excluding hydrogens is 256 g/mol. The Bertz CT molecular complexity index is 303. The molecule has 0 spiro atoms. The quantitative estimate of drug-likeness (QED) is 0.495. The van der Waals surface area contributed by atoms with Crippen LogP contribution in [0, 0.1) is 0 Å². The third-order valence-electron chi connectivity index (χ3n) is 3.50. The summed E-state index contributed by atoms with van der Waals surface area (Å²) in [6, 6.07) is 0. The molecule has 1 aliphatic rings. The van der Waals surface area contributed by atoms with Gasteiger partial charge >= 0.3 is 5.97 Å². The molecule has 0 aromatic rings. The van der Waals surface area contributed by atoms with Crippen LogP contribution in [0.5, 0.6) is 0 Å². The van der Waals surface area contributed by atoms with E-state index in [1.165, 1.54) is 28.4 Å². The molecule has 1 rings (SSSR count). The van der Waals surface area contributed by atoms with Crippen molar-refractivity contribution in [2.75, 3.05) is 28.4 Å². The minimum Gasteiger partial charge on any atom is -0.466 e. The Balaban J connectivity index is 3.06. The van der Waals surface area contributed by atoms with Crippen molar-refractivity contribution in [2.24, 2.45) is 0 Å². The van der Waals surface area contributed by atoms with Gasteiger partial charge in [0.1, 0.15) is 6.10 Å². The number of methoxy groups -OCH3 is 4. The predicted molar refractivity (Wildman–Crippen MR) is 63.5 cm³/mol. The van der Waals surface area contributed by atoms with E-state index in [-0.39, 0.29) is 25.4 Å². The van der Waals surface area contributed by atoms with Crippen LogP contribution in [-0.4, -0.2) is 64.8 Å². The first-order chi connectivity index (χ1) is 9.08. The molecule has 110 valence electrons. The topological polar surface area (TPSA) is 80.3 Å². The minimum absolute atomic E-state index is 0.160. The van der Waals surface area contributed by atoms with Crippen molar-refractivity contribution in [3.05, 3.63) is 0 Å². The van der Waals surface area contributed by atoms with Gasteiger partial charge in [-0.05, 0) is 0 Å². The molecule has 0 heterocycles. The molecule has 0 radical (unpaired) electrons. The molecule has 0 aromatic heterocycles. The van der Waals surface area contributed by atoms with E-state index >= 15 is 0 Å². The van der Waals surface area contributed by atoms with Crippen molar-refractivity contribution in [3.8, 4) is 0 Å². The van der Waals surface area contributed by atoms with E-state index in [1.54, 1.807) is 0 Å². The average molecular weight is 276 g/mol. The molecule has 0 saturated heterocycles. The Morgan fingerprint density at radius 3 is 1.89 bits per heavy atom. The maximum Gasteiger partial charge on any atom is 0.350 e. The van der Waals surface area contributed by atoms with Gasteiger partial charge in [-0.15, -0.1) is 0 Å². The molecule has 1 aliphatic carbocycles. The van der Waals surface area contributed by atoms with Gasteiger partial charge in [0.15, 0.2) is 0 Å².